The van der Waals surface area contributed by atoms with E-state index in [0.717, 1.165) is 33.6 Å². The van der Waals surface area contributed by atoms with E-state index in [9.17, 15) is 0 Å². The number of aromatic nitrogens is 2. The van der Waals surface area contributed by atoms with Crippen molar-refractivity contribution in [3.8, 4) is 89.5 Å². The van der Waals surface area contributed by atoms with Crippen LogP contribution in [0.5, 0.6) is 0 Å². The number of hydrogen-bond acceptors (Lipinski definition) is 3. The van der Waals surface area contributed by atoms with E-state index < -0.39 is 0 Å². The Kier molecular flexibility index (Phi) is 10.00. The molecule has 10 aromatic carbocycles. The molecule has 12 aromatic rings. The minimum Gasteiger partial charge on any atom is -0.228 e. The average molecular weight is 925 g/mol. The lowest BCUT2D eigenvalue weighted by Gasteiger charge is -2.36. The summed E-state index contributed by atoms with van der Waals surface area (Å²) in [5.74, 6) is 0.707. The SMILES string of the molecule is c1ccc(-c2cc(-c3cccc(-c4cc(-c5ccc(-c6ccccc6)c6c5sc5ccc7ccccc7c56)nc(-c5ccccc5)n4)c3)cc(-c3ccc4c(c3)C3(CCCCC3)c3ccccc3-4)c2)cc1. The van der Waals surface area contributed by atoms with Crippen LogP contribution in [0, 0.1) is 0 Å². The Balaban J connectivity index is 0.934. The van der Waals surface area contributed by atoms with Crippen molar-refractivity contribution >= 4 is 42.3 Å². The van der Waals surface area contributed by atoms with Gasteiger partial charge in [-0.15, -0.1) is 11.3 Å². The summed E-state index contributed by atoms with van der Waals surface area (Å²) >= 11 is 1.86. The first-order chi connectivity index (χ1) is 35.1. The van der Waals surface area contributed by atoms with Crippen LogP contribution in [-0.4, -0.2) is 9.97 Å². The maximum atomic E-state index is 5.42. The minimum absolute atomic E-state index is 0.0877. The Bertz CT molecular complexity index is 4010. The van der Waals surface area contributed by atoms with E-state index >= 15 is 0 Å². The molecule has 0 N–H and O–H groups in total. The Morgan fingerprint density at radius 2 is 0.915 bits per heavy atom. The second-order valence-electron chi connectivity index (χ2n) is 19.5. The van der Waals surface area contributed by atoms with Crippen LogP contribution in [0.4, 0.5) is 0 Å². The lowest BCUT2D eigenvalue weighted by Crippen LogP contribution is -2.28. The fourth-order valence-corrected chi connectivity index (χ4v) is 13.4. The second kappa shape index (κ2) is 17.0. The van der Waals surface area contributed by atoms with Crippen LogP contribution in [-0.2, 0) is 5.41 Å². The van der Waals surface area contributed by atoms with Crippen molar-refractivity contribution in [1.82, 2.24) is 9.97 Å². The zero-order chi connectivity index (χ0) is 46.9. The molecule has 2 heterocycles. The van der Waals surface area contributed by atoms with Crippen LogP contribution in [0.25, 0.3) is 120 Å². The number of nitrogens with zero attached hydrogens (tertiary/aromatic N) is 2. The van der Waals surface area contributed by atoms with Crippen molar-refractivity contribution in [2.75, 3.05) is 0 Å². The largest absolute Gasteiger partial charge is 0.228 e. The highest BCUT2D eigenvalue weighted by atomic mass is 32.1. The van der Waals surface area contributed by atoms with Crippen molar-refractivity contribution in [2.24, 2.45) is 0 Å². The van der Waals surface area contributed by atoms with Gasteiger partial charge in [0.1, 0.15) is 0 Å². The van der Waals surface area contributed by atoms with Gasteiger partial charge >= 0.3 is 0 Å². The summed E-state index contributed by atoms with van der Waals surface area (Å²) in [4.78, 5) is 10.8. The summed E-state index contributed by atoms with van der Waals surface area (Å²) in [6.45, 7) is 0. The molecule has 336 valence electrons. The van der Waals surface area contributed by atoms with E-state index in [0.29, 0.717) is 5.82 Å². The van der Waals surface area contributed by atoms with Gasteiger partial charge < -0.3 is 0 Å². The van der Waals surface area contributed by atoms with Gasteiger partial charge in [-0.1, -0.05) is 207 Å². The van der Waals surface area contributed by atoms with Gasteiger partial charge in [-0.2, -0.15) is 0 Å². The van der Waals surface area contributed by atoms with Gasteiger partial charge in [0.05, 0.1) is 11.4 Å². The lowest BCUT2D eigenvalue weighted by atomic mass is 9.67. The molecule has 1 saturated carbocycles. The van der Waals surface area contributed by atoms with Gasteiger partial charge in [0.25, 0.3) is 0 Å². The Morgan fingerprint density at radius 3 is 1.70 bits per heavy atom. The number of benzene rings is 10. The first-order valence-electron chi connectivity index (χ1n) is 25.1. The quantitative estimate of drug-likeness (QED) is 0.159. The van der Waals surface area contributed by atoms with Crippen LogP contribution in [0.3, 0.4) is 0 Å². The molecule has 0 amide bonds. The molecule has 0 atom stereocenters. The molecule has 1 fully saturated rings. The van der Waals surface area contributed by atoms with Crippen molar-refractivity contribution in [1.29, 1.82) is 0 Å². The number of fused-ring (bicyclic) bond motifs is 10. The topological polar surface area (TPSA) is 25.8 Å². The van der Waals surface area contributed by atoms with Crippen LogP contribution in [0.2, 0.25) is 0 Å². The Labute approximate surface area is 418 Å². The van der Waals surface area contributed by atoms with Gasteiger partial charge in [-0.25, -0.2) is 9.97 Å². The third-order valence-corrected chi connectivity index (χ3v) is 16.7. The summed E-state index contributed by atoms with van der Waals surface area (Å²) in [6.07, 6.45) is 6.29. The third-order valence-electron chi connectivity index (χ3n) is 15.5. The molecule has 2 aliphatic rings. The lowest BCUT2D eigenvalue weighted by molar-refractivity contribution is 0.353. The molecule has 71 heavy (non-hydrogen) atoms. The zero-order valence-electron chi connectivity index (χ0n) is 39.3. The average Bonchev–Trinajstić information content (AvgIpc) is 3.97. The monoisotopic (exact) mass is 924 g/mol. The standard InChI is InChI=1S/C68H48N2S/c1-5-18-44(19-6-1)51-39-52(41-53(40-51)49-30-32-57-56-28-13-14-29-59(56)68(60(57)42-49)36-15-4-16-37-68)48-25-17-26-50(38-48)61-43-62(70-67(69-61)47-23-9-3-10-24-47)58-34-33-55(45-20-7-2-8-21-45)65-64-54-27-12-11-22-46(54)31-35-63(64)71-66(58)65/h1-3,5-14,17-35,38-43H,4,15-16,36-37H2. The molecule has 1 spiro atoms. The van der Waals surface area contributed by atoms with Crippen LogP contribution < -0.4 is 0 Å². The normalized spacial score (nSPS) is 13.7. The molecule has 3 heteroatoms. The predicted octanol–water partition coefficient (Wildman–Crippen LogP) is 18.9. The van der Waals surface area contributed by atoms with E-state index in [1.165, 1.54) is 124 Å². The summed E-state index contributed by atoms with van der Waals surface area (Å²) in [5, 5.41) is 5.08. The predicted molar refractivity (Wildman–Crippen MR) is 300 cm³/mol. The Hall–Kier alpha value is -8.24. The summed E-state index contributed by atoms with van der Waals surface area (Å²) in [5.41, 5.74) is 20.5. The van der Waals surface area contributed by atoms with E-state index in [1.54, 1.807) is 0 Å². The van der Waals surface area contributed by atoms with Gasteiger partial charge in [0.15, 0.2) is 5.82 Å². The summed E-state index contributed by atoms with van der Waals surface area (Å²) in [6, 6.07) is 84.8. The number of thiophene rings is 1. The highest BCUT2D eigenvalue weighted by Gasteiger charge is 2.43. The van der Waals surface area contributed by atoms with E-state index in [4.69, 9.17) is 9.97 Å². The van der Waals surface area contributed by atoms with Crippen molar-refractivity contribution in [3.05, 3.63) is 242 Å². The summed E-state index contributed by atoms with van der Waals surface area (Å²) in [7, 11) is 0. The minimum atomic E-state index is 0.0877. The molecular formula is C68H48N2S. The summed E-state index contributed by atoms with van der Waals surface area (Å²) < 4.78 is 2.49. The van der Waals surface area contributed by atoms with Crippen LogP contribution in [0.1, 0.15) is 43.2 Å². The molecule has 14 rings (SSSR count). The van der Waals surface area contributed by atoms with Crippen molar-refractivity contribution < 1.29 is 0 Å². The first kappa shape index (κ1) is 41.7. The molecule has 0 saturated heterocycles. The van der Waals surface area contributed by atoms with Crippen LogP contribution in [0.15, 0.2) is 231 Å². The molecule has 2 aliphatic carbocycles. The molecule has 0 radical (unpaired) electrons. The highest BCUT2D eigenvalue weighted by molar-refractivity contribution is 7.26. The van der Waals surface area contributed by atoms with Gasteiger partial charge in [0.2, 0.25) is 0 Å². The number of hydrogen-bond donors (Lipinski definition) is 0. The fourth-order valence-electron chi connectivity index (χ4n) is 12.1. The fraction of sp³-hybridized carbons (Fsp3) is 0.0882. The van der Waals surface area contributed by atoms with Gasteiger partial charge in [0, 0.05) is 42.3 Å². The molecule has 0 aliphatic heterocycles. The number of rotatable bonds is 7. The molecule has 0 unspecified atom stereocenters. The maximum absolute atomic E-state index is 5.42. The third kappa shape index (κ3) is 7.06. The maximum Gasteiger partial charge on any atom is 0.160 e. The van der Waals surface area contributed by atoms with Crippen LogP contribution >= 0.6 is 11.3 Å². The van der Waals surface area contributed by atoms with Gasteiger partial charge in [-0.05, 0) is 133 Å². The van der Waals surface area contributed by atoms with Gasteiger partial charge in [-0.3, -0.25) is 0 Å². The van der Waals surface area contributed by atoms with E-state index in [-0.39, 0.29) is 5.41 Å². The zero-order valence-corrected chi connectivity index (χ0v) is 40.1. The molecular weight excluding hydrogens is 877 g/mol. The van der Waals surface area contributed by atoms with Crippen molar-refractivity contribution in [2.45, 2.75) is 37.5 Å². The van der Waals surface area contributed by atoms with E-state index in [2.05, 4.69) is 231 Å². The highest BCUT2D eigenvalue weighted by Crippen LogP contribution is 2.56. The Morgan fingerprint density at radius 1 is 0.338 bits per heavy atom. The molecule has 2 nitrogen and oxygen atoms in total. The smallest absolute Gasteiger partial charge is 0.160 e. The first-order valence-corrected chi connectivity index (χ1v) is 25.9. The molecule has 0 bridgehead atoms. The molecule has 2 aromatic heterocycles. The second-order valence-corrected chi connectivity index (χ2v) is 20.6. The van der Waals surface area contributed by atoms with Crippen molar-refractivity contribution in [3.63, 3.8) is 0 Å². The van der Waals surface area contributed by atoms with E-state index in [1.807, 2.05) is 11.3 Å².